The molecule has 4 fully saturated rings. The highest BCUT2D eigenvalue weighted by Crippen LogP contribution is 2.60. The summed E-state index contributed by atoms with van der Waals surface area (Å²) in [6.07, 6.45) is -4.44. The quantitative estimate of drug-likeness (QED) is 0.555. The zero-order chi connectivity index (χ0) is 18.0. The largest absolute Gasteiger partial charge is 0.396 e. The second-order valence-electron chi connectivity index (χ2n) is 7.45. The second-order valence-corrected chi connectivity index (χ2v) is 9.12. The maximum absolute atomic E-state index is 13.4. The molecule has 4 bridgehead atoms. The molecule has 0 radical (unpaired) electrons. The number of hydrogen-bond donors (Lipinski definition) is 0. The molecule has 4 saturated carbocycles. The Balaban J connectivity index is 1.77. The molecule has 0 amide bonds. The highest BCUT2D eigenvalue weighted by atomic mass is 32.2. The summed E-state index contributed by atoms with van der Waals surface area (Å²) in [5.41, 5.74) is -1.14. The van der Waals surface area contributed by atoms with Crippen LogP contribution in [0.2, 0.25) is 0 Å². The van der Waals surface area contributed by atoms with Crippen LogP contribution in [0.4, 0.5) is 22.0 Å². The lowest BCUT2D eigenvalue weighted by Gasteiger charge is -2.54. The molecular weight excluding hydrogens is 359 g/mol. The topological polar surface area (TPSA) is 60.4 Å². The van der Waals surface area contributed by atoms with E-state index in [0.29, 0.717) is 19.3 Å². The lowest BCUT2D eigenvalue weighted by Crippen LogP contribution is -2.51. The van der Waals surface area contributed by atoms with Crippen LogP contribution in [0.1, 0.15) is 44.9 Å². The van der Waals surface area contributed by atoms with E-state index in [1.54, 1.807) is 0 Å². The summed E-state index contributed by atoms with van der Waals surface area (Å²) < 4.78 is 90.4. The molecule has 4 aliphatic carbocycles. The minimum atomic E-state index is -5.99. The van der Waals surface area contributed by atoms with Crippen molar-refractivity contribution in [2.75, 3.05) is 0 Å². The molecule has 0 aromatic carbocycles. The first-order valence-corrected chi connectivity index (χ1v) is 9.16. The SMILES string of the molecule is O=C(OS(=O)(=O)C(F)(F)CC(F)(F)F)C12CC3CC(CC(C3)C1)C2. The van der Waals surface area contributed by atoms with E-state index in [4.69, 9.17) is 0 Å². The summed E-state index contributed by atoms with van der Waals surface area (Å²) in [5.74, 6) is -0.644. The third-order valence-corrected chi connectivity index (χ3v) is 6.68. The molecule has 0 saturated heterocycles. The van der Waals surface area contributed by atoms with Gasteiger partial charge in [0.05, 0.1) is 5.41 Å². The van der Waals surface area contributed by atoms with E-state index in [0.717, 1.165) is 19.3 Å². The van der Waals surface area contributed by atoms with Crippen LogP contribution in [0.5, 0.6) is 0 Å². The first-order chi connectivity index (χ1) is 10.8. The van der Waals surface area contributed by atoms with Gasteiger partial charge in [-0.15, -0.1) is 0 Å². The lowest BCUT2D eigenvalue weighted by atomic mass is 9.49. The molecule has 138 valence electrons. The zero-order valence-electron chi connectivity index (χ0n) is 12.6. The van der Waals surface area contributed by atoms with Gasteiger partial charge in [-0.05, 0) is 56.3 Å². The molecular formula is C14H17F5O4S. The standard InChI is InChI=1S/C14H17F5O4S/c15-13(16,17)7-14(18,19)24(21,22)23-11(20)12-4-8-1-9(5-12)3-10(2-8)6-12/h8-10H,1-7H2. The van der Waals surface area contributed by atoms with Gasteiger partial charge < -0.3 is 4.18 Å². The highest BCUT2D eigenvalue weighted by Gasteiger charge is 2.60. The maximum Gasteiger partial charge on any atom is 0.396 e. The summed E-state index contributed by atoms with van der Waals surface area (Å²) in [5, 5.41) is -5.19. The van der Waals surface area contributed by atoms with Crippen molar-refractivity contribution in [1.29, 1.82) is 0 Å². The summed E-state index contributed by atoms with van der Waals surface area (Å²) in [6.45, 7) is 0. The van der Waals surface area contributed by atoms with E-state index in [2.05, 4.69) is 4.18 Å². The smallest absolute Gasteiger partial charge is 0.341 e. The molecule has 0 aliphatic heterocycles. The molecule has 10 heteroatoms. The van der Waals surface area contributed by atoms with Crippen LogP contribution in [0.25, 0.3) is 0 Å². The molecule has 4 nitrogen and oxygen atoms in total. The van der Waals surface area contributed by atoms with Crippen molar-refractivity contribution in [3.63, 3.8) is 0 Å². The second kappa shape index (κ2) is 5.28. The summed E-state index contributed by atoms with van der Waals surface area (Å²) in [7, 11) is -5.99. The van der Waals surface area contributed by atoms with Crippen molar-refractivity contribution in [2.24, 2.45) is 23.2 Å². The van der Waals surface area contributed by atoms with E-state index in [-0.39, 0.29) is 17.8 Å². The fraction of sp³-hybridized carbons (Fsp3) is 0.929. The minimum absolute atomic E-state index is 0.224. The van der Waals surface area contributed by atoms with Gasteiger partial charge in [0.15, 0.2) is 0 Å². The Labute approximate surface area is 135 Å². The van der Waals surface area contributed by atoms with Crippen molar-refractivity contribution < 1.29 is 39.3 Å². The Morgan fingerprint density at radius 3 is 1.75 bits per heavy atom. The van der Waals surface area contributed by atoms with Gasteiger partial charge in [-0.1, -0.05) is 0 Å². The minimum Gasteiger partial charge on any atom is -0.341 e. The molecule has 0 aromatic rings. The number of halogens is 5. The van der Waals surface area contributed by atoms with Crippen LogP contribution in [0.15, 0.2) is 0 Å². The van der Waals surface area contributed by atoms with Crippen LogP contribution in [-0.2, 0) is 19.1 Å². The van der Waals surface area contributed by atoms with Crippen LogP contribution < -0.4 is 0 Å². The third-order valence-electron chi connectivity index (χ3n) is 5.43. The van der Waals surface area contributed by atoms with Crippen LogP contribution in [0, 0.1) is 23.2 Å². The Morgan fingerprint density at radius 1 is 0.958 bits per heavy atom. The molecule has 0 N–H and O–H groups in total. The molecule has 4 rings (SSSR count). The normalized spacial score (nSPS) is 36.0. The first kappa shape index (κ1) is 17.9. The Morgan fingerprint density at radius 2 is 1.38 bits per heavy atom. The van der Waals surface area contributed by atoms with E-state index >= 15 is 0 Å². The number of carbonyl (C=O) groups excluding carboxylic acids is 1. The molecule has 0 spiro atoms. The third kappa shape index (κ3) is 3.13. The van der Waals surface area contributed by atoms with Crippen molar-refractivity contribution in [2.45, 2.75) is 56.4 Å². The van der Waals surface area contributed by atoms with Crippen molar-refractivity contribution in [1.82, 2.24) is 0 Å². The van der Waals surface area contributed by atoms with E-state index in [9.17, 15) is 35.2 Å². The van der Waals surface area contributed by atoms with Gasteiger partial charge >= 0.3 is 27.5 Å². The molecule has 0 atom stereocenters. The maximum atomic E-state index is 13.4. The molecule has 24 heavy (non-hydrogen) atoms. The van der Waals surface area contributed by atoms with Crippen molar-refractivity contribution in [3.8, 4) is 0 Å². The average Bonchev–Trinajstić information content (AvgIpc) is 2.33. The molecule has 0 aromatic heterocycles. The summed E-state index contributed by atoms with van der Waals surface area (Å²) in [6, 6.07) is 0. The van der Waals surface area contributed by atoms with Gasteiger partial charge in [-0.3, -0.25) is 4.79 Å². The summed E-state index contributed by atoms with van der Waals surface area (Å²) in [4.78, 5) is 12.3. The highest BCUT2D eigenvalue weighted by molar-refractivity contribution is 7.88. The van der Waals surface area contributed by atoms with Gasteiger partial charge in [0.2, 0.25) is 0 Å². The van der Waals surface area contributed by atoms with E-state index in [1.165, 1.54) is 0 Å². The fourth-order valence-electron chi connectivity index (χ4n) is 4.93. The van der Waals surface area contributed by atoms with Crippen LogP contribution in [0.3, 0.4) is 0 Å². The van der Waals surface area contributed by atoms with Gasteiger partial charge in [0.1, 0.15) is 6.42 Å². The van der Waals surface area contributed by atoms with E-state index in [1.807, 2.05) is 0 Å². The lowest BCUT2D eigenvalue weighted by molar-refractivity contribution is -0.173. The number of alkyl halides is 5. The Bertz CT molecular complexity index is 605. The first-order valence-electron chi connectivity index (χ1n) is 7.75. The van der Waals surface area contributed by atoms with Crippen molar-refractivity contribution in [3.05, 3.63) is 0 Å². The fourth-order valence-corrected chi connectivity index (χ4v) is 5.77. The summed E-state index contributed by atoms with van der Waals surface area (Å²) >= 11 is 0. The van der Waals surface area contributed by atoms with Crippen LogP contribution in [-0.4, -0.2) is 25.8 Å². The van der Waals surface area contributed by atoms with Gasteiger partial charge in [0, 0.05) is 0 Å². The number of carbonyl (C=O) groups is 1. The monoisotopic (exact) mass is 376 g/mol. The van der Waals surface area contributed by atoms with Gasteiger partial charge in [-0.2, -0.15) is 30.4 Å². The Hall–Kier alpha value is -0.930. The average molecular weight is 376 g/mol. The van der Waals surface area contributed by atoms with Gasteiger partial charge in [-0.25, -0.2) is 0 Å². The van der Waals surface area contributed by atoms with Crippen LogP contribution >= 0.6 is 0 Å². The molecule has 4 aliphatic rings. The van der Waals surface area contributed by atoms with E-state index < -0.39 is 39.4 Å². The Kier molecular flexibility index (Phi) is 3.93. The predicted octanol–water partition coefficient (Wildman–Crippen LogP) is 3.62. The molecule has 0 unspecified atom stereocenters. The predicted molar refractivity (Wildman–Crippen MR) is 71.2 cm³/mol. The number of hydrogen-bond acceptors (Lipinski definition) is 4. The van der Waals surface area contributed by atoms with Crippen molar-refractivity contribution >= 4 is 16.1 Å². The molecule has 0 heterocycles. The number of rotatable bonds is 4. The zero-order valence-corrected chi connectivity index (χ0v) is 13.4. The van der Waals surface area contributed by atoms with Gasteiger partial charge in [0.25, 0.3) is 0 Å².